The molecule has 1 heterocycles. The Hall–Kier alpha value is -0.300. The Kier molecular flexibility index (Phi) is 4.18. The highest BCUT2D eigenvalue weighted by atomic mass is 127. The smallest absolute Gasteiger partial charge is 0.266 e. The van der Waals surface area contributed by atoms with Crippen LogP contribution in [0.4, 0.5) is 8.78 Å². The third-order valence-electron chi connectivity index (χ3n) is 1.69. The quantitative estimate of drug-likeness (QED) is 0.368. The number of rotatable bonds is 3. The summed E-state index contributed by atoms with van der Waals surface area (Å²) in [7, 11) is 0. The molecule has 0 aliphatic heterocycles. The van der Waals surface area contributed by atoms with Crippen molar-refractivity contribution >= 4 is 40.5 Å². The molecule has 0 saturated heterocycles. The first-order valence-electron chi connectivity index (χ1n) is 3.58. The maximum absolute atomic E-state index is 12.4. The molecule has 0 aromatic carbocycles. The van der Waals surface area contributed by atoms with Gasteiger partial charge in [-0.15, -0.1) is 11.6 Å². The van der Waals surface area contributed by atoms with Crippen LogP contribution in [0.15, 0.2) is 6.20 Å². The number of carbonyl (C=O) groups excluding carboxylic acids is 1. The van der Waals surface area contributed by atoms with Crippen LogP contribution in [0.25, 0.3) is 0 Å². The van der Waals surface area contributed by atoms with E-state index in [1.165, 1.54) is 0 Å². The Morgan fingerprint density at radius 3 is 2.71 bits per heavy atom. The molecule has 0 aliphatic rings. The fourth-order valence-electron chi connectivity index (χ4n) is 0.999. The second kappa shape index (κ2) is 4.97. The largest absolute Gasteiger partial charge is 0.298 e. The zero-order valence-corrected chi connectivity index (χ0v) is 9.72. The van der Waals surface area contributed by atoms with Crippen molar-refractivity contribution in [3.8, 4) is 0 Å². The van der Waals surface area contributed by atoms with Crippen molar-refractivity contribution in [2.45, 2.75) is 12.3 Å². The summed E-state index contributed by atoms with van der Waals surface area (Å²) in [6, 6.07) is 0. The summed E-state index contributed by atoms with van der Waals surface area (Å²) in [6.45, 7) is 0. The number of carbonyl (C=O) groups is 1. The molecule has 0 fully saturated rings. The minimum atomic E-state index is -2.71. The number of hydrogen-bond acceptors (Lipinski definition) is 2. The lowest BCUT2D eigenvalue weighted by molar-refractivity contribution is 0.110. The Bertz CT molecular complexity index is 359. The second-order valence-electron chi connectivity index (χ2n) is 2.45. The van der Waals surface area contributed by atoms with Crippen molar-refractivity contribution in [1.82, 2.24) is 4.98 Å². The summed E-state index contributed by atoms with van der Waals surface area (Å²) in [5.74, 6) is -0.0000926. The van der Waals surface area contributed by atoms with Crippen LogP contribution in [0.3, 0.4) is 0 Å². The summed E-state index contributed by atoms with van der Waals surface area (Å²) in [6.07, 6.45) is -1.31. The molecule has 0 spiro atoms. The van der Waals surface area contributed by atoms with Crippen LogP contribution in [-0.2, 0) is 5.88 Å². The number of aldehydes is 1. The van der Waals surface area contributed by atoms with Gasteiger partial charge in [-0.2, -0.15) is 0 Å². The lowest BCUT2D eigenvalue weighted by Gasteiger charge is -2.08. The van der Waals surface area contributed by atoms with Crippen LogP contribution in [-0.4, -0.2) is 11.3 Å². The summed E-state index contributed by atoms with van der Waals surface area (Å²) < 4.78 is 25.3. The van der Waals surface area contributed by atoms with Gasteiger partial charge in [0.1, 0.15) is 3.70 Å². The average molecular weight is 331 g/mol. The normalized spacial score (nSPS) is 10.6. The summed E-state index contributed by atoms with van der Waals surface area (Å²) in [4.78, 5) is 14.4. The van der Waals surface area contributed by atoms with E-state index in [0.29, 0.717) is 15.6 Å². The minimum Gasteiger partial charge on any atom is -0.298 e. The van der Waals surface area contributed by atoms with Gasteiger partial charge in [-0.3, -0.25) is 4.79 Å². The minimum absolute atomic E-state index is 0.0000926. The van der Waals surface area contributed by atoms with E-state index in [4.69, 9.17) is 11.6 Å². The van der Waals surface area contributed by atoms with E-state index in [-0.39, 0.29) is 17.0 Å². The standard InChI is InChI=1S/C8H5ClF2INO/c9-1-4-6(3-14)5(7(10)11)2-13-8(4)12/h2-3,7H,1H2. The van der Waals surface area contributed by atoms with Gasteiger partial charge in [0, 0.05) is 22.9 Å². The van der Waals surface area contributed by atoms with E-state index in [1.807, 2.05) is 22.6 Å². The van der Waals surface area contributed by atoms with Crippen LogP contribution in [0.5, 0.6) is 0 Å². The second-order valence-corrected chi connectivity index (χ2v) is 3.74. The molecule has 0 radical (unpaired) electrons. The van der Waals surface area contributed by atoms with Gasteiger partial charge < -0.3 is 0 Å². The first-order valence-corrected chi connectivity index (χ1v) is 5.19. The summed E-state index contributed by atoms with van der Waals surface area (Å²) >= 11 is 7.39. The number of nitrogens with zero attached hydrogens (tertiary/aromatic N) is 1. The zero-order chi connectivity index (χ0) is 10.7. The van der Waals surface area contributed by atoms with E-state index >= 15 is 0 Å². The molecule has 1 aromatic heterocycles. The third-order valence-corrected chi connectivity index (χ3v) is 2.89. The van der Waals surface area contributed by atoms with Crippen molar-refractivity contribution in [1.29, 1.82) is 0 Å². The Morgan fingerprint density at radius 1 is 1.64 bits per heavy atom. The third kappa shape index (κ3) is 2.20. The maximum atomic E-state index is 12.4. The lowest BCUT2D eigenvalue weighted by atomic mass is 10.1. The van der Waals surface area contributed by atoms with Crippen molar-refractivity contribution in [2.75, 3.05) is 0 Å². The molecule has 0 saturated carbocycles. The monoisotopic (exact) mass is 331 g/mol. The van der Waals surface area contributed by atoms with Gasteiger partial charge in [0.15, 0.2) is 6.29 Å². The Morgan fingerprint density at radius 2 is 2.29 bits per heavy atom. The topological polar surface area (TPSA) is 30.0 Å². The fraction of sp³-hybridized carbons (Fsp3) is 0.250. The highest BCUT2D eigenvalue weighted by Crippen LogP contribution is 2.26. The molecule has 0 bridgehead atoms. The molecular weight excluding hydrogens is 326 g/mol. The molecule has 0 aliphatic carbocycles. The van der Waals surface area contributed by atoms with Crippen LogP contribution in [0.2, 0.25) is 0 Å². The molecule has 14 heavy (non-hydrogen) atoms. The van der Waals surface area contributed by atoms with Crippen molar-refractivity contribution < 1.29 is 13.6 Å². The maximum Gasteiger partial charge on any atom is 0.266 e. The Labute approximate surface area is 97.8 Å². The van der Waals surface area contributed by atoms with Gasteiger partial charge in [0.05, 0.1) is 5.88 Å². The molecule has 1 aromatic rings. The van der Waals surface area contributed by atoms with Gasteiger partial charge in [0.25, 0.3) is 6.43 Å². The van der Waals surface area contributed by atoms with E-state index < -0.39 is 6.43 Å². The van der Waals surface area contributed by atoms with Gasteiger partial charge in [-0.1, -0.05) is 0 Å². The predicted octanol–water partition coefficient (Wildman–Crippen LogP) is 3.18. The van der Waals surface area contributed by atoms with E-state index in [0.717, 1.165) is 6.20 Å². The highest BCUT2D eigenvalue weighted by molar-refractivity contribution is 14.1. The van der Waals surface area contributed by atoms with Gasteiger partial charge in [-0.25, -0.2) is 13.8 Å². The zero-order valence-electron chi connectivity index (χ0n) is 6.81. The summed E-state index contributed by atoms with van der Waals surface area (Å²) in [5.41, 5.74) is -0.0504. The SMILES string of the molecule is O=Cc1c(C(F)F)cnc(I)c1CCl. The van der Waals surface area contributed by atoms with E-state index in [2.05, 4.69) is 4.98 Å². The van der Waals surface area contributed by atoms with Crippen LogP contribution in [0.1, 0.15) is 27.9 Å². The molecule has 2 nitrogen and oxygen atoms in total. The van der Waals surface area contributed by atoms with Gasteiger partial charge in [0.2, 0.25) is 0 Å². The molecule has 1 rings (SSSR count). The first-order chi connectivity index (χ1) is 6.61. The molecule has 76 valence electrons. The number of pyridine rings is 1. The van der Waals surface area contributed by atoms with E-state index in [9.17, 15) is 13.6 Å². The van der Waals surface area contributed by atoms with Crippen molar-refractivity contribution in [2.24, 2.45) is 0 Å². The molecule has 0 atom stereocenters. The van der Waals surface area contributed by atoms with Crippen LogP contribution in [0, 0.1) is 3.70 Å². The average Bonchev–Trinajstić information content (AvgIpc) is 2.16. The molecule has 0 unspecified atom stereocenters. The van der Waals surface area contributed by atoms with Crippen molar-refractivity contribution in [3.63, 3.8) is 0 Å². The lowest BCUT2D eigenvalue weighted by Crippen LogP contribution is -2.03. The summed E-state index contributed by atoms with van der Waals surface area (Å²) in [5, 5.41) is 0. The van der Waals surface area contributed by atoms with E-state index in [1.54, 1.807) is 0 Å². The molecular formula is C8H5ClF2INO. The fourth-order valence-corrected chi connectivity index (χ4v) is 2.12. The van der Waals surface area contributed by atoms with Crippen LogP contribution >= 0.6 is 34.2 Å². The number of hydrogen-bond donors (Lipinski definition) is 0. The number of alkyl halides is 3. The van der Waals surface area contributed by atoms with Crippen LogP contribution < -0.4 is 0 Å². The first kappa shape index (κ1) is 11.8. The number of aromatic nitrogens is 1. The van der Waals surface area contributed by atoms with Gasteiger partial charge >= 0.3 is 0 Å². The Balaban J connectivity index is 3.40. The predicted molar refractivity (Wildman–Crippen MR) is 56.9 cm³/mol. The number of halogens is 4. The molecule has 6 heteroatoms. The highest BCUT2D eigenvalue weighted by Gasteiger charge is 2.18. The molecule has 0 N–H and O–H groups in total. The van der Waals surface area contributed by atoms with Gasteiger partial charge in [-0.05, 0) is 22.6 Å². The van der Waals surface area contributed by atoms with Crippen molar-refractivity contribution in [3.05, 3.63) is 26.6 Å². The molecule has 0 amide bonds.